The van der Waals surface area contributed by atoms with E-state index in [1.807, 2.05) is 17.0 Å². The highest BCUT2D eigenvalue weighted by Gasteiger charge is 2.10. The highest BCUT2D eigenvalue weighted by atomic mass is 16.5. The summed E-state index contributed by atoms with van der Waals surface area (Å²) in [4.78, 5) is 12.6. The van der Waals surface area contributed by atoms with Crippen LogP contribution in [0, 0.1) is 0 Å². The maximum Gasteiger partial charge on any atom is 0.219 e. The fraction of sp³-hybridized carbons (Fsp3) is 0.462. The maximum absolute atomic E-state index is 10.7. The van der Waals surface area contributed by atoms with Crippen molar-refractivity contribution >= 4 is 11.6 Å². The lowest BCUT2D eigenvalue weighted by Gasteiger charge is -2.25. The van der Waals surface area contributed by atoms with E-state index in [-0.39, 0.29) is 5.91 Å². The fourth-order valence-electron chi connectivity index (χ4n) is 1.58. The number of amides is 1. The zero-order valence-electron chi connectivity index (χ0n) is 11.0. The van der Waals surface area contributed by atoms with Gasteiger partial charge in [0.25, 0.3) is 0 Å². The molecule has 0 unspecified atom stereocenters. The van der Waals surface area contributed by atoms with E-state index in [1.54, 1.807) is 26.2 Å². The molecule has 0 saturated carbocycles. The summed E-state index contributed by atoms with van der Waals surface area (Å²) in [6.07, 6.45) is 0. The van der Waals surface area contributed by atoms with Gasteiger partial charge in [0, 0.05) is 38.8 Å². The highest BCUT2D eigenvalue weighted by molar-refractivity contribution is 5.73. The van der Waals surface area contributed by atoms with E-state index in [0.29, 0.717) is 0 Å². The lowest BCUT2D eigenvalue weighted by molar-refractivity contribution is -0.129. The predicted octanol–water partition coefficient (Wildman–Crippen LogP) is 0.716. The van der Waals surface area contributed by atoms with Gasteiger partial charge < -0.3 is 20.7 Å². The molecule has 1 fully saturated rings. The summed E-state index contributed by atoms with van der Waals surface area (Å²) >= 11 is 0. The number of nitrogens with two attached hydrogens (primary N) is 1. The number of benzene rings is 1. The second-order valence-electron chi connectivity index (χ2n) is 4.03. The van der Waals surface area contributed by atoms with Crippen molar-refractivity contribution in [2.75, 3.05) is 39.0 Å². The molecule has 1 saturated heterocycles. The average molecular weight is 251 g/mol. The van der Waals surface area contributed by atoms with E-state index < -0.39 is 0 Å². The number of ether oxygens (including phenoxy) is 1. The van der Waals surface area contributed by atoms with Crippen molar-refractivity contribution in [1.82, 2.24) is 10.2 Å². The minimum Gasteiger partial charge on any atom is -0.497 e. The zero-order chi connectivity index (χ0) is 13.4. The molecular weight excluding hydrogens is 230 g/mol. The number of methoxy groups -OCH3 is 1. The van der Waals surface area contributed by atoms with E-state index in [0.717, 1.165) is 37.6 Å². The fourth-order valence-corrected chi connectivity index (χ4v) is 1.58. The van der Waals surface area contributed by atoms with Gasteiger partial charge in [-0.1, -0.05) is 0 Å². The van der Waals surface area contributed by atoms with Gasteiger partial charge in [-0.25, -0.2) is 0 Å². The number of nitrogens with zero attached hydrogens (tertiary/aromatic N) is 1. The molecule has 0 atom stereocenters. The van der Waals surface area contributed by atoms with Crippen LogP contribution in [0.25, 0.3) is 0 Å². The van der Waals surface area contributed by atoms with Crippen LogP contribution in [0.4, 0.5) is 5.69 Å². The molecule has 0 aromatic heterocycles. The van der Waals surface area contributed by atoms with E-state index in [4.69, 9.17) is 10.5 Å². The number of anilines is 1. The molecule has 1 aromatic carbocycles. The average Bonchev–Trinajstić information content (AvgIpc) is 2.41. The molecular formula is C13H21N3O2. The van der Waals surface area contributed by atoms with Gasteiger partial charge in [-0.05, 0) is 24.3 Å². The van der Waals surface area contributed by atoms with E-state index >= 15 is 0 Å². The van der Waals surface area contributed by atoms with Crippen molar-refractivity contribution in [2.24, 2.45) is 0 Å². The Morgan fingerprint density at radius 1 is 1.28 bits per heavy atom. The van der Waals surface area contributed by atoms with Gasteiger partial charge >= 0.3 is 0 Å². The van der Waals surface area contributed by atoms with Gasteiger partial charge in [0.2, 0.25) is 5.91 Å². The van der Waals surface area contributed by atoms with Gasteiger partial charge in [0.05, 0.1) is 7.11 Å². The summed E-state index contributed by atoms with van der Waals surface area (Å²) in [5, 5.41) is 3.18. The van der Waals surface area contributed by atoms with E-state index in [1.165, 1.54) is 0 Å². The SMILES string of the molecule is CC(=O)N1CCNCC1.COc1ccc(N)cc1. The molecule has 1 heterocycles. The first-order chi connectivity index (χ1) is 8.63. The predicted molar refractivity (Wildman–Crippen MR) is 72.5 cm³/mol. The Morgan fingerprint density at radius 3 is 2.22 bits per heavy atom. The molecule has 100 valence electrons. The summed E-state index contributed by atoms with van der Waals surface area (Å²) in [7, 11) is 1.63. The summed E-state index contributed by atoms with van der Waals surface area (Å²) < 4.78 is 4.91. The molecule has 0 bridgehead atoms. The Hall–Kier alpha value is -1.75. The third kappa shape index (κ3) is 5.05. The van der Waals surface area contributed by atoms with Crippen molar-refractivity contribution in [1.29, 1.82) is 0 Å². The van der Waals surface area contributed by atoms with Crippen LogP contribution in [0.5, 0.6) is 5.75 Å². The number of nitrogen functional groups attached to an aromatic ring is 1. The number of rotatable bonds is 1. The summed E-state index contributed by atoms with van der Waals surface area (Å²) in [6, 6.07) is 7.27. The number of carbonyl (C=O) groups excluding carboxylic acids is 1. The minimum atomic E-state index is 0.191. The number of piperazine rings is 1. The normalized spacial score (nSPS) is 14.4. The molecule has 3 N–H and O–H groups in total. The molecule has 5 nitrogen and oxygen atoms in total. The molecule has 1 aliphatic heterocycles. The monoisotopic (exact) mass is 251 g/mol. The molecule has 0 radical (unpaired) electrons. The Labute approximate surface area is 108 Å². The van der Waals surface area contributed by atoms with Crippen LogP contribution in [0.15, 0.2) is 24.3 Å². The van der Waals surface area contributed by atoms with Crippen LogP contribution in [0.1, 0.15) is 6.92 Å². The van der Waals surface area contributed by atoms with Crippen LogP contribution in [0.2, 0.25) is 0 Å². The van der Waals surface area contributed by atoms with Crippen molar-refractivity contribution in [3.63, 3.8) is 0 Å². The van der Waals surface area contributed by atoms with E-state index in [2.05, 4.69) is 5.32 Å². The third-order valence-electron chi connectivity index (χ3n) is 2.68. The summed E-state index contributed by atoms with van der Waals surface area (Å²) in [5.74, 6) is 1.03. The standard InChI is InChI=1S/C7H9NO.C6H12N2O/c1-9-7-4-2-6(8)3-5-7;1-6(9)8-4-2-7-3-5-8/h2-5H,8H2,1H3;7H,2-5H2,1H3. The van der Waals surface area contributed by atoms with Crippen molar-refractivity contribution in [2.45, 2.75) is 6.92 Å². The van der Waals surface area contributed by atoms with Crippen LogP contribution in [-0.4, -0.2) is 44.1 Å². The first-order valence-corrected chi connectivity index (χ1v) is 5.99. The first kappa shape index (κ1) is 14.3. The number of hydrogen-bond acceptors (Lipinski definition) is 4. The van der Waals surface area contributed by atoms with Crippen LogP contribution >= 0.6 is 0 Å². The molecule has 0 spiro atoms. The Bertz CT molecular complexity index is 359. The van der Waals surface area contributed by atoms with Crippen LogP contribution < -0.4 is 15.8 Å². The molecule has 5 heteroatoms. The van der Waals surface area contributed by atoms with Crippen LogP contribution in [0.3, 0.4) is 0 Å². The minimum absolute atomic E-state index is 0.191. The van der Waals surface area contributed by atoms with Gasteiger partial charge in [-0.2, -0.15) is 0 Å². The first-order valence-electron chi connectivity index (χ1n) is 5.99. The lowest BCUT2D eigenvalue weighted by atomic mass is 10.3. The molecule has 1 aliphatic rings. The third-order valence-corrected chi connectivity index (χ3v) is 2.68. The lowest BCUT2D eigenvalue weighted by Crippen LogP contribution is -2.45. The Kier molecular flexibility index (Phi) is 6.00. The van der Waals surface area contributed by atoms with E-state index in [9.17, 15) is 4.79 Å². The maximum atomic E-state index is 10.7. The van der Waals surface area contributed by atoms with Gasteiger partial charge in [0.1, 0.15) is 5.75 Å². The Balaban J connectivity index is 0.000000180. The molecule has 1 amide bonds. The topological polar surface area (TPSA) is 67.6 Å². The summed E-state index contributed by atoms with van der Waals surface area (Å²) in [5.41, 5.74) is 6.19. The smallest absolute Gasteiger partial charge is 0.219 e. The number of hydrogen-bond donors (Lipinski definition) is 2. The van der Waals surface area contributed by atoms with Crippen LogP contribution in [-0.2, 0) is 4.79 Å². The van der Waals surface area contributed by atoms with Crippen molar-refractivity contribution < 1.29 is 9.53 Å². The second-order valence-corrected chi connectivity index (χ2v) is 4.03. The molecule has 1 aromatic rings. The number of nitrogens with one attached hydrogen (secondary N) is 1. The number of carbonyl (C=O) groups is 1. The van der Waals surface area contributed by atoms with Crippen molar-refractivity contribution in [3.8, 4) is 5.75 Å². The molecule has 2 rings (SSSR count). The molecule has 18 heavy (non-hydrogen) atoms. The van der Waals surface area contributed by atoms with Gasteiger partial charge in [-0.3, -0.25) is 4.79 Å². The quantitative estimate of drug-likeness (QED) is 0.722. The largest absolute Gasteiger partial charge is 0.497 e. The Morgan fingerprint density at radius 2 is 1.83 bits per heavy atom. The zero-order valence-corrected chi connectivity index (χ0v) is 11.0. The second kappa shape index (κ2) is 7.55. The molecule has 0 aliphatic carbocycles. The van der Waals surface area contributed by atoms with Gasteiger partial charge in [-0.15, -0.1) is 0 Å². The summed E-state index contributed by atoms with van der Waals surface area (Å²) in [6.45, 7) is 5.25. The van der Waals surface area contributed by atoms with Crippen molar-refractivity contribution in [3.05, 3.63) is 24.3 Å². The highest BCUT2D eigenvalue weighted by Crippen LogP contribution is 2.11. The van der Waals surface area contributed by atoms with Gasteiger partial charge in [0.15, 0.2) is 0 Å².